The second-order valence-electron chi connectivity index (χ2n) is 6.11. The predicted octanol–water partition coefficient (Wildman–Crippen LogP) is 4.02. The van der Waals surface area contributed by atoms with Gasteiger partial charge in [0, 0.05) is 21.7 Å². The summed E-state index contributed by atoms with van der Waals surface area (Å²) in [5, 5.41) is 1.24. The molecule has 0 aliphatic carbocycles. The highest BCUT2D eigenvalue weighted by atomic mass is 35.5. The maximum atomic E-state index is 13.2. The van der Waals surface area contributed by atoms with Crippen LogP contribution in [-0.4, -0.2) is 30.2 Å². The highest BCUT2D eigenvalue weighted by Gasteiger charge is 2.24. The van der Waals surface area contributed by atoms with Crippen molar-refractivity contribution in [2.75, 3.05) is 13.7 Å². The number of methoxy groups -OCH3 is 1. The van der Waals surface area contributed by atoms with E-state index in [1.807, 2.05) is 6.07 Å². The van der Waals surface area contributed by atoms with Crippen molar-refractivity contribution >= 4 is 34.4 Å². The van der Waals surface area contributed by atoms with Crippen molar-refractivity contribution in [2.24, 2.45) is 0 Å². The molecule has 2 aromatic carbocycles. The van der Waals surface area contributed by atoms with Crippen molar-refractivity contribution in [3.05, 3.63) is 64.3 Å². The molecule has 0 aliphatic rings. The van der Waals surface area contributed by atoms with Crippen LogP contribution in [0.1, 0.15) is 21.6 Å². The number of carbonyl (C=O) groups excluding carboxylic acids is 2. The molecule has 142 valence electrons. The van der Waals surface area contributed by atoms with Gasteiger partial charge in [-0.15, -0.1) is 6.42 Å². The molecule has 0 fully saturated rings. The standard InChI is InChI=1S/C22H18ClNO4/c1-4-12-28-20(25)13-17-14(2)24(18-6-5-7-19(27-3)21(17)18)22(26)15-8-10-16(23)11-9-15/h1,5-11H,12-13H2,2-3H3. The first-order chi connectivity index (χ1) is 13.5. The van der Waals surface area contributed by atoms with Crippen LogP contribution < -0.4 is 4.74 Å². The lowest BCUT2D eigenvalue weighted by Gasteiger charge is -2.08. The summed E-state index contributed by atoms with van der Waals surface area (Å²) in [6.07, 6.45) is 5.13. The van der Waals surface area contributed by atoms with Crippen molar-refractivity contribution in [1.29, 1.82) is 0 Å². The summed E-state index contributed by atoms with van der Waals surface area (Å²) in [6.45, 7) is 1.69. The van der Waals surface area contributed by atoms with Gasteiger partial charge in [-0.05, 0) is 48.9 Å². The van der Waals surface area contributed by atoms with E-state index < -0.39 is 5.97 Å². The maximum absolute atomic E-state index is 13.2. The number of fused-ring (bicyclic) bond motifs is 1. The molecular weight excluding hydrogens is 378 g/mol. The molecule has 28 heavy (non-hydrogen) atoms. The monoisotopic (exact) mass is 395 g/mol. The number of terminal acetylenes is 1. The lowest BCUT2D eigenvalue weighted by molar-refractivity contribution is -0.141. The third-order valence-corrected chi connectivity index (χ3v) is 4.72. The van der Waals surface area contributed by atoms with Gasteiger partial charge in [-0.25, -0.2) is 0 Å². The van der Waals surface area contributed by atoms with E-state index in [4.69, 9.17) is 27.5 Å². The number of hydrogen-bond acceptors (Lipinski definition) is 4. The number of hydrogen-bond donors (Lipinski definition) is 0. The number of nitrogens with zero attached hydrogens (tertiary/aromatic N) is 1. The van der Waals surface area contributed by atoms with Crippen LogP contribution in [0.25, 0.3) is 10.9 Å². The first-order valence-electron chi connectivity index (χ1n) is 8.54. The third kappa shape index (κ3) is 3.60. The molecule has 0 N–H and O–H groups in total. The Morgan fingerprint density at radius 2 is 1.89 bits per heavy atom. The van der Waals surface area contributed by atoms with E-state index in [9.17, 15) is 9.59 Å². The largest absolute Gasteiger partial charge is 0.496 e. The molecule has 0 spiro atoms. The van der Waals surface area contributed by atoms with Crippen molar-refractivity contribution in [3.8, 4) is 18.1 Å². The topological polar surface area (TPSA) is 57.5 Å². The zero-order valence-electron chi connectivity index (χ0n) is 15.5. The number of rotatable bonds is 5. The normalized spacial score (nSPS) is 10.5. The van der Waals surface area contributed by atoms with Gasteiger partial charge in [-0.2, -0.15) is 0 Å². The van der Waals surface area contributed by atoms with E-state index in [2.05, 4.69) is 5.92 Å². The minimum absolute atomic E-state index is 0.0225. The molecule has 1 aromatic heterocycles. The van der Waals surface area contributed by atoms with Gasteiger partial charge >= 0.3 is 5.97 Å². The van der Waals surface area contributed by atoms with Crippen LogP contribution in [0.5, 0.6) is 5.75 Å². The van der Waals surface area contributed by atoms with Gasteiger partial charge in [0.1, 0.15) is 5.75 Å². The molecule has 5 nitrogen and oxygen atoms in total. The smallest absolute Gasteiger partial charge is 0.311 e. The van der Waals surface area contributed by atoms with Crippen LogP contribution in [0.15, 0.2) is 42.5 Å². The van der Waals surface area contributed by atoms with Gasteiger partial charge in [0.2, 0.25) is 0 Å². The van der Waals surface area contributed by atoms with Gasteiger partial charge in [0.15, 0.2) is 6.61 Å². The number of halogens is 1. The first kappa shape index (κ1) is 19.5. The van der Waals surface area contributed by atoms with Crippen molar-refractivity contribution in [3.63, 3.8) is 0 Å². The Morgan fingerprint density at radius 1 is 1.18 bits per heavy atom. The summed E-state index contributed by atoms with van der Waals surface area (Å²) in [7, 11) is 1.54. The molecule has 1 heterocycles. The molecule has 0 atom stereocenters. The summed E-state index contributed by atoms with van der Waals surface area (Å²) < 4.78 is 12.1. The molecule has 6 heteroatoms. The van der Waals surface area contributed by atoms with Crippen LogP contribution in [0.4, 0.5) is 0 Å². The van der Waals surface area contributed by atoms with Crippen LogP contribution in [-0.2, 0) is 16.0 Å². The fourth-order valence-corrected chi connectivity index (χ4v) is 3.32. The van der Waals surface area contributed by atoms with Gasteiger partial charge in [0.05, 0.1) is 19.0 Å². The minimum atomic E-state index is -0.468. The number of esters is 1. The average Bonchev–Trinajstić information content (AvgIpc) is 2.98. The molecular formula is C22H18ClNO4. The van der Waals surface area contributed by atoms with Gasteiger partial charge in [-0.1, -0.05) is 23.6 Å². The highest BCUT2D eigenvalue weighted by molar-refractivity contribution is 6.30. The Kier molecular flexibility index (Phi) is 5.72. The molecule has 0 radical (unpaired) electrons. The summed E-state index contributed by atoms with van der Waals surface area (Å²) in [4.78, 5) is 25.4. The second kappa shape index (κ2) is 8.20. The number of aromatic nitrogens is 1. The fraction of sp³-hybridized carbons (Fsp3) is 0.182. The zero-order valence-corrected chi connectivity index (χ0v) is 16.2. The first-order valence-corrected chi connectivity index (χ1v) is 8.92. The van der Waals surface area contributed by atoms with Crippen LogP contribution >= 0.6 is 11.6 Å². The highest BCUT2D eigenvalue weighted by Crippen LogP contribution is 2.34. The van der Waals surface area contributed by atoms with E-state index in [0.717, 1.165) is 0 Å². The van der Waals surface area contributed by atoms with Crippen LogP contribution in [0, 0.1) is 19.3 Å². The molecule has 3 rings (SSSR count). The predicted molar refractivity (Wildman–Crippen MR) is 108 cm³/mol. The molecule has 0 aliphatic heterocycles. The number of carbonyl (C=O) groups is 2. The lowest BCUT2D eigenvalue weighted by atomic mass is 10.1. The second-order valence-corrected chi connectivity index (χ2v) is 6.54. The molecule has 0 amide bonds. The van der Waals surface area contributed by atoms with Crippen molar-refractivity contribution < 1.29 is 19.1 Å². The fourth-order valence-electron chi connectivity index (χ4n) is 3.19. The molecule has 0 saturated heterocycles. The summed E-state index contributed by atoms with van der Waals surface area (Å²) in [5.41, 5.74) is 2.43. The van der Waals surface area contributed by atoms with E-state index in [-0.39, 0.29) is 18.9 Å². The quantitative estimate of drug-likeness (QED) is 0.483. The van der Waals surface area contributed by atoms with Crippen molar-refractivity contribution in [1.82, 2.24) is 4.57 Å². The summed E-state index contributed by atoms with van der Waals surface area (Å²) >= 11 is 5.93. The van der Waals surface area contributed by atoms with Gasteiger partial charge < -0.3 is 9.47 Å². The lowest BCUT2D eigenvalue weighted by Crippen LogP contribution is -2.14. The molecule has 0 saturated carbocycles. The molecule has 0 bridgehead atoms. The zero-order chi connectivity index (χ0) is 20.3. The Morgan fingerprint density at radius 3 is 2.54 bits per heavy atom. The Labute approximate surface area is 167 Å². The van der Waals surface area contributed by atoms with E-state index in [1.165, 1.54) is 0 Å². The van der Waals surface area contributed by atoms with Crippen LogP contribution in [0.3, 0.4) is 0 Å². The summed E-state index contributed by atoms with van der Waals surface area (Å²) in [5.74, 6) is 2.15. The third-order valence-electron chi connectivity index (χ3n) is 4.47. The number of benzene rings is 2. The van der Waals surface area contributed by atoms with Crippen molar-refractivity contribution in [2.45, 2.75) is 13.3 Å². The summed E-state index contributed by atoms with van der Waals surface area (Å²) in [6, 6.07) is 12.0. The van der Waals surface area contributed by atoms with Gasteiger partial charge in [0.25, 0.3) is 5.91 Å². The Hall–Kier alpha value is -3.23. The Balaban J connectivity index is 2.17. The minimum Gasteiger partial charge on any atom is -0.496 e. The van der Waals surface area contributed by atoms with E-state index in [0.29, 0.717) is 38.5 Å². The van der Waals surface area contributed by atoms with E-state index in [1.54, 1.807) is 55.0 Å². The van der Waals surface area contributed by atoms with Gasteiger partial charge in [-0.3, -0.25) is 14.2 Å². The SMILES string of the molecule is C#CCOC(=O)Cc1c(C)n(C(=O)c2ccc(Cl)cc2)c2cccc(OC)c12. The molecule has 3 aromatic rings. The average molecular weight is 396 g/mol. The number of ether oxygens (including phenoxy) is 2. The van der Waals surface area contributed by atoms with Crippen LogP contribution in [0.2, 0.25) is 5.02 Å². The molecule has 0 unspecified atom stereocenters. The maximum Gasteiger partial charge on any atom is 0.311 e. The van der Waals surface area contributed by atoms with E-state index >= 15 is 0 Å². The Bertz CT molecular complexity index is 1090.